The summed E-state index contributed by atoms with van der Waals surface area (Å²) in [5, 5.41) is 0. The summed E-state index contributed by atoms with van der Waals surface area (Å²) >= 11 is 0. The van der Waals surface area contributed by atoms with Gasteiger partial charge in [-0.3, -0.25) is 14.7 Å². The van der Waals surface area contributed by atoms with Gasteiger partial charge in [-0.05, 0) is 39.3 Å². The summed E-state index contributed by atoms with van der Waals surface area (Å²) in [6.07, 6.45) is 0. The van der Waals surface area contributed by atoms with Crippen molar-refractivity contribution >= 4 is 9.24 Å². The quantitative estimate of drug-likeness (QED) is 0.466. The Morgan fingerprint density at radius 2 is 0.765 bits per heavy atom. The van der Waals surface area contributed by atoms with Gasteiger partial charge >= 0.3 is 0 Å². The van der Waals surface area contributed by atoms with E-state index in [0.717, 1.165) is 39.3 Å². The van der Waals surface area contributed by atoms with Gasteiger partial charge in [0.2, 0.25) is 0 Å². The molecule has 0 aromatic carbocycles. The van der Waals surface area contributed by atoms with Gasteiger partial charge in [-0.1, -0.05) is 50.8 Å². The Balaban J connectivity index is 5.29. The third-order valence-corrected chi connectivity index (χ3v) is 4.78. The van der Waals surface area contributed by atoms with Crippen LogP contribution in [-0.2, 0) is 0 Å². The van der Waals surface area contributed by atoms with Crippen molar-refractivity contribution in [2.75, 3.05) is 39.3 Å². The molecule has 1 unspecified atom stereocenters. The van der Waals surface area contributed by atoms with Crippen molar-refractivity contribution in [3.8, 4) is 0 Å². The molecule has 0 fully saturated rings. The largest absolute Gasteiger partial charge is 0.270 e. The van der Waals surface area contributed by atoms with Crippen LogP contribution >= 0.6 is 9.24 Å². The average Bonchev–Trinajstić information content (AvgIpc) is 2.33. The predicted molar refractivity (Wildman–Crippen MR) is 81.2 cm³/mol. The van der Waals surface area contributed by atoms with E-state index in [1.54, 1.807) is 0 Å². The Morgan fingerprint density at radius 1 is 0.588 bits per heavy atom. The van der Waals surface area contributed by atoms with E-state index in [9.17, 15) is 0 Å². The minimum absolute atomic E-state index is 0.0312. The Labute approximate surface area is 111 Å². The average molecular weight is 261 g/mol. The maximum Gasteiger partial charge on any atom is 0.144 e. The molecule has 0 rings (SSSR count). The number of hydrogen-bond donors (Lipinski definition) is 0. The van der Waals surface area contributed by atoms with Crippen LogP contribution in [0, 0.1) is 0 Å². The summed E-state index contributed by atoms with van der Waals surface area (Å²) in [5.41, 5.74) is -0.0312. The van der Waals surface area contributed by atoms with Crippen LogP contribution in [0.25, 0.3) is 0 Å². The lowest BCUT2D eigenvalue weighted by Crippen LogP contribution is -2.66. The van der Waals surface area contributed by atoms with Crippen molar-refractivity contribution in [2.24, 2.45) is 0 Å². The molecule has 0 aliphatic carbocycles. The normalized spacial score (nSPS) is 13.1. The Bertz CT molecular complexity index is 156. The highest BCUT2D eigenvalue weighted by Gasteiger charge is 2.39. The SMILES string of the molecule is CCN(CC)C(P)(N(CC)CC)N(CC)CC. The van der Waals surface area contributed by atoms with Gasteiger partial charge in [-0.25, -0.2) is 0 Å². The molecular formula is C13H32N3P. The first-order valence-corrected chi connectivity index (χ1v) is 7.68. The lowest BCUT2D eigenvalue weighted by atomic mass is 10.3. The molecule has 0 heterocycles. The summed E-state index contributed by atoms with van der Waals surface area (Å²) in [4.78, 5) is 7.58. The molecule has 4 heteroatoms. The molecular weight excluding hydrogens is 229 g/mol. The van der Waals surface area contributed by atoms with E-state index in [1.165, 1.54) is 0 Å². The molecule has 0 aliphatic rings. The molecule has 3 nitrogen and oxygen atoms in total. The molecule has 0 saturated carbocycles. The zero-order valence-corrected chi connectivity index (χ0v) is 13.8. The second-order valence-electron chi connectivity index (χ2n) is 4.20. The summed E-state index contributed by atoms with van der Waals surface area (Å²) in [6.45, 7) is 19.9. The van der Waals surface area contributed by atoms with Crippen molar-refractivity contribution in [3.63, 3.8) is 0 Å². The van der Waals surface area contributed by atoms with Gasteiger partial charge in [0.1, 0.15) is 5.53 Å². The molecule has 0 bridgehead atoms. The third-order valence-electron chi connectivity index (χ3n) is 3.69. The number of nitrogens with zero attached hydrogens (tertiary/aromatic N) is 3. The zero-order valence-electron chi connectivity index (χ0n) is 12.7. The maximum atomic E-state index is 3.11. The molecule has 17 heavy (non-hydrogen) atoms. The van der Waals surface area contributed by atoms with Gasteiger partial charge in [0.05, 0.1) is 0 Å². The smallest absolute Gasteiger partial charge is 0.144 e. The van der Waals surface area contributed by atoms with Crippen molar-refractivity contribution in [2.45, 2.75) is 47.1 Å². The lowest BCUT2D eigenvalue weighted by Gasteiger charge is -2.53. The molecule has 1 atom stereocenters. The first-order chi connectivity index (χ1) is 8.06. The molecule has 0 aromatic rings. The standard InChI is InChI=1S/C13H32N3P/c1-7-14(8-2)13(17,15(9-3)10-4)16(11-5)12-6/h7-12,17H2,1-6H3. The van der Waals surface area contributed by atoms with E-state index in [-0.39, 0.29) is 5.53 Å². The van der Waals surface area contributed by atoms with Crippen molar-refractivity contribution < 1.29 is 0 Å². The van der Waals surface area contributed by atoms with Crippen LogP contribution in [0.4, 0.5) is 0 Å². The van der Waals surface area contributed by atoms with Gasteiger partial charge < -0.3 is 0 Å². The number of hydrogen-bond acceptors (Lipinski definition) is 3. The lowest BCUT2D eigenvalue weighted by molar-refractivity contribution is -0.0914. The van der Waals surface area contributed by atoms with Gasteiger partial charge in [0, 0.05) is 0 Å². The molecule has 0 aromatic heterocycles. The van der Waals surface area contributed by atoms with Gasteiger partial charge in [0.25, 0.3) is 0 Å². The summed E-state index contributed by atoms with van der Waals surface area (Å²) in [5.74, 6) is 0. The molecule has 0 spiro atoms. The highest BCUT2D eigenvalue weighted by atomic mass is 31.0. The second-order valence-corrected chi connectivity index (χ2v) is 4.98. The van der Waals surface area contributed by atoms with Gasteiger partial charge in [0.15, 0.2) is 0 Å². The second kappa shape index (κ2) is 8.42. The summed E-state index contributed by atoms with van der Waals surface area (Å²) in [7, 11) is 3.11. The van der Waals surface area contributed by atoms with E-state index in [2.05, 4.69) is 65.5 Å². The highest BCUT2D eigenvalue weighted by molar-refractivity contribution is 7.18. The van der Waals surface area contributed by atoms with Crippen molar-refractivity contribution in [1.82, 2.24) is 14.7 Å². The Kier molecular flexibility index (Phi) is 8.57. The van der Waals surface area contributed by atoms with Crippen LogP contribution in [0.3, 0.4) is 0 Å². The fraction of sp³-hybridized carbons (Fsp3) is 1.00. The molecule has 0 N–H and O–H groups in total. The monoisotopic (exact) mass is 261 g/mol. The van der Waals surface area contributed by atoms with E-state index in [4.69, 9.17) is 0 Å². The Hall–Kier alpha value is 0.310. The fourth-order valence-corrected chi connectivity index (χ4v) is 3.76. The zero-order chi connectivity index (χ0) is 13.5. The topological polar surface area (TPSA) is 9.72 Å². The minimum Gasteiger partial charge on any atom is -0.270 e. The molecule has 0 saturated heterocycles. The maximum absolute atomic E-state index is 3.11. The van der Waals surface area contributed by atoms with Crippen LogP contribution in [0.5, 0.6) is 0 Å². The van der Waals surface area contributed by atoms with Crippen LogP contribution in [0.15, 0.2) is 0 Å². The van der Waals surface area contributed by atoms with Crippen LogP contribution in [0.2, 0.25) is 0 Å². The number of rotatable bonds is 9. The molecule has 0 radical (unpaired) electrons. The van der Waals surface area contributed by atoms with Crippen LogP contribution in [0.1, 0.15) is 41.5 Å². The third kappa shape index (κ3) is 3.64. The minimum atomic E-state index is -0.0312. The van der Waals surface area contributed by atoms with Gasteiger partial charge in [-0.15, -0.1) is 0 Å². The summed E-state index contributed by atoms with van der Waals surface area (Å²) in [6, 6.07) is 0. The van der Waals surface area contributed by atoms with Crippen LogP contribution in [-0.4, -0.2) is 59.5 Å². The molecule has 0 amide bonds. The first-order valence-electron chi connectivity index (χ1n) is 7.10. The van der Waals surface area contributed by atoms with Crippen molar-refractivity contribution in [1.29, 1.82) is 0 Å². The summed E-state index contributed by atoms with van der Waals surface area (Å²) < 4.78 is 0. The predicted octanol–water partition coefficient (Wildman–Crippen LogP) is 2.50. The van der Waals surface area contributed by atoms with Crippen molar-refractivity contribution in [3.05, 3.63) is 0 Å². The van der Waals surface area contributed by atoms with E-state index < -0.39 is 0 Å². The molecule has 104 valence electrons. The van der Waals surface area contributed by atoms with Gasteiger partial charge in [-0.2, -0.15) is 0 Å². The van der Waals surface area contributed by atoms with E-state index in [0.29, 0.717) is 0 Å². The van der Waals surface area contributed by atoms with E-state index >= 15 is 0 Å². The fourth-order valence-electron chi connectivity index (χ4n) is 2.67. The van der Waals surface area contributed by atoms with E-state index in [1.807, 2.05) is 0 Å². The Morgan fingerprint density at radius 3 is 0.882 bits per heavy atom. The first kappa shape index (κ1) is 17.3. The highest BCUT2D eigenvalue weighted by Crippen LogP contribution is 2.31. The van der Waals surface area contributed by atoms with Crippen LogP contribution < -0.4 is 0 Å². The molecule has 0 aliphatic heterocycles.